The molecule has 1 aliphatic rings. The van der Waals surface area contributed by atoms with Gasteiger partial charge in [-0.25, -0.2) is 21.6 Å². The molecule has 9 atom stereocenters. The van der Waals surface area contributed by atoms with Crippen LogP contribution in [-0.2, 0) is 62.7 Å². The Balaban J connectivity index is 2.51. The van der Waals surface area contributed by atoms with Crippen LogP contribution in [0.5, 0.6) is 0 Å². The fourth-order valence-corrected chi connectivity index (χ4v) is 11.0. The van der Waals surface area contributed by atoms with E-state index in [1.165, 1.54) is 6.92 Å². The molecule has 1 saturated heterocycles. The molecule has 272 valence electrons. The van der Waals surface area contributed by atoms with Gasteiger partial charge < -0.3 is 48.3 Å². The summed E-state index contributed by atoms with van der Waals surface area (Å²) in [5.41, 5.74) is 8.17. The molecule has 24 nitrogen and oxygen atoms in total. The molecule has 0 aromatic carbocycles. The Bertz CT molecular complexity index is 1310. The lowest BCUT2D eigenvalue weighted by Crippen LogP contribution is -2.27. The highest BCUT2D eigenvalue weighted by Crippen LogP contribution is 2.70. The molecule has 0 radical (unpaired) electrons. The molecule has 0 aromatic heterocycles. The van der Waals surface area contributed by atoms with Crippen molar-refractivity contribution in [2.75, 3.05) is 19.8 Å². The second-order valence-electron chi connectivity index (χ2n) is 9.29. The number of aliphatic hydroxyl groups excluding tert-OH is 1. The second-order valence-corrected chi connectivity index (χ2v) is 18.4. The van der Waals surface area contributed by atoms with Crippen LogP contribution in [0.1, 0.15) is 64.7 Å². The molecule has 7 unspecified atom stereocenters. The third-order valence-electron chi connectivity index (χ3n) is 5.27. The van der Waals surface area contributed by atoms with Crippen LogP contribution in [0.4, 0.5) is 0 Å². The van der Waals surface area contributed by atoms with Crippen molar-refractivity contribution in [1.29, 1.82) is 0 Å². The van der Waals surface area contributed by atoms with Crippen molar-refractivity contribution in [2.24, 2.45) is 5.11 Å². The Labute approximate surface area is 262 Å². The normalized spacial score (nSPS) is 26.4. The predicted molar refractivity (Wildman–Crippen MR) is 139 cm³/mol. The number of phosphoric acid groups is 6. The Morgan fingerprint density at radius 1 is 0.696 bits per heavy atom. The number of phosphoric ester groups is 2. The van der Waals surface area contributed by atoms with Crippen molar-refractivity contribution in [3.8, 4) is 0 Å². The monoisotopic (exact) mass is 787 g/mol. The highest BCUT2D eigenvalue weighted by atomic mass is 31.3. The molecule has 30 heteroatoms. The van der Waals surface area contributed by atoms with Gasteiger partial charge in [0.15, 0.2) is 0 Å². The van der Waals surface area contributed by atoms with E-state index in [2.05, 4.69) is 40.6 Å². The van der Waals surface area contributed by atoms with E-state index in [1.807, 2.05) is 0 Å². The van der Waals surface area contributed by atoms with E-state index in [0.29, 0.717) is 19.4 Å². The van der Waals surface area contributed by atoms with Crippen LogP contribution in [0.15, 0.2) is 5.11 Å². The SMILES string of the molecule is C[C@@H]1CC(O)[C@H](COP(=O)([O-])OP(=O)([O-])OP(=O)([O-])OP(=O)([O-])OP(=O)([O-])OP(=O)([O-])OCCCCCCCCCCN=[N+]=[N-])O1. The maximum atomic E-state index is 11.7. The first kappa shape index (κ1) is 44.1. The number of aliphatic hydroxyl groups is 1. The van der Waals surface area contributed by atoms with E-state index < -0.39 is 78.5 Å². The summed E-state index contributed by atoms with van der Waals surface area (Å²) in [5.74, 6) is 0. The molecule has 0 aliphatic carbocycles. The van der Waals surface area contributed by atoms with Crippen LogP contribution in [0.3, 0.4) is 0 Å². The van der Waals surface area contributed by atoms with Crippen molar-refractivity contribution < 1.29 is 97.2 Å². The van der Waals surface area contributed by atoms with Crippen LogP contribution in [0, 0.1) is 0 Å². The van der Waals surface area contributed by atoms with Crippen LogP contribution < -0.4 is 29.4 Å². The van der Waals surface area contributed by atoms with Gasteiger partial charge in [0.2, 0.25) is 0 Å². The van der Waals surface area contributed by atoms with E-state index >= 15 is 0 Å². The first-order chi connectivity index (χ1) is 21.0. The number of hydrogen-bond acceptors (Lipinski definition) is 22. The van der Waals surface area contributed by atoms with E-state index in [-0.39, 0.29) is 12.8 Å². The molecule has 1 aliphatic heterocycles. The van der Waals surface area contributed by atoms with Crippen molar-refractivity contribution >= 4 is 46.9 Å². The fraction of sp³-hybridized carbons (Fsp3) is 1.00. The van der Waals surface area contributed by atoms with Gasteiger partial charge in [-0.15, -0.1) is 0 Å². The minimum absolute atomic E-state index is 0.0706. The van der Waals surface area contributed by atoms with E-state index in [4.69, 9.17) is 10.3 Å². The van der Waals surface area contributed by atoms with Crippen LogP contribution in [-0.4, -0.2) is 43.2 Å². The minimum Gasteiger partial charge on any atom is -0.756 e. The van der Waals surface area contributed by atoms with Gasteiger partial charge in [-0.3, -0.25) is 27.4 Å². The molecule has 46 heavy (non-hydrogen) atoms. The molecule has 1 rings (SSSR count). The Kier molecular flexibility index (Phi) is 18.7. The smallest absolute Gasteiger partial charge is 0.280 e. The van der Waals surface area contributed by atoms with Gasteiger partial charge in [0.05, 0.1) is 25.4 Å². The molecule has 0 bridgehead atoms. The summed E-state index contributed by atoms with van der Waals surface area (Å²) in [6, 6.07) is 0. The predicted octanol–water partition coefficient (Wildman–Crippen LogP) is 0.882. The first-order valence-electron chi connectivity index (χ1n) is 13.0. The highest BCUT2D eigenvalue weighted by molar-refractivity contribution is 7.71. The number of rotatable bonds is 25. The number of nitrogens with zero attached hydrogens (tertiary/aromatic N) is 3. The maximum absolute atomic E-state index is 11.7. The van der Waals surface area contributed by atoms with Crippen LogP contribution >= 0.6 is 46.9 Å². The first-order valence-corrected chi connectivity index (χ1v) is 21.8. The third-order valence-corrected chi connectivity index (χ3v) is 14.2. The summed E-state index contributed by atoms with van der Waals surface area (Å²) in [5, 5.41) is 13.1. The largest absolute Gasteiger partial charge is 0.756 e. The summed E-state index contributed by atoms with van der Waals surface area (Å²) in [4.78, 5) is 72.9. The van der Waals surface area contributed by atoms with Gasteiger partial charge in [0, 0.05) is 17.9 Å². The van der Waals surface area contributed by atoms with E-state index in [0.717, 1.165) is 32.1 Å². The van der Waals surface area contributed by atoms with E-state index in [1.54, 1.807) is 0 Å². The van der Waals surface area contributed by atoms with E-state index in [9.17, 15) is 61.9 Å². The number of unbranched alkanes of at least 4 members (excludes halogenated alkanes) is 7. The average Bonchev–Trinajstić information content (AvgIpc) is 3.16. The zero-order chi connectivity index (χ0) is 35.3. The summed E-state index contributed by atoms with van der Waals surface area (Å²) < 4.78 is 100. The van der Waals surface area contributed by atoms with Crippen LogP contribution in [0.25, 0.3) is 10.4 Å². The zero-order valence-corrected chi connectivity index (χ0v) is 29.2. The third kappa shape index (κ3) is 20.6. The molecular formula is C16H31N3O21P6-6. The fourth-order valence-electron chi connectivity index (χ4n) is 3.54. The summed E-state index contributed by atoms with van der Waals surface area (Å²) in [6.07, 6.45) is 2.40. The zero-order valence-electron chi connectivity index (χ0n) is 23.9. The molecule has 1 N–H and O–H groups in total. The molecular weight excluding hydrogens is 756 g/mol. The molecule has 0 saturated carbocycles. The summed E-state index contributed by atoms with van der Waals surface area (Å²) >= 11 is 0. The molecule has 1 heterocycles. The summed E-state index contributed by atoms with van der Waals surface area (Å²) in [6.45, 7) is 0.325. The van der Waals surface area contributed by atoms with Crippen molar-refractivity contribution in [3.63, 3.8) is 0 Å². The molecule has 1 fully saturated rings. The number of hydrogen-bond donors (Lipinski definition) is 1. The van der Waals surface area contributed by atoms with Gasteiger partial charge in [0.25, 0.3) is 46.9 Å². The molecule has 0 spiro atoms. The quantitative estimate of drug-likeness (QED) is 0.0441. The summed E-state index contributed by atoms with van der Waals surface area (Å²) in [7, 11) is -38.5. The maximum Gasteiger partial charge on any atom is 0.280 e. The van der Waals surface area contributed by atoms with Crippen molar-refractivity contribution in [3.05, 3.63) is 10.4 Å². The Morgan fingerprint density at radius 3 is 1.50 bits per heavy atom. The van der Waals surface area contributed by atoms with Gasteiger partial charge in [-0.2, -0.15) is 0 Å². The minimum atomic E-state index is -6.80. The number of azide groups is 1. The van der Waals surface area contributed by atoms with Crippen LogP contribution in [0.2, 0.25) is 0 Å². The molecule has 0 aromatic rings. The Hall–Kier alpha value is 0.0900. The average molecular weight is 787 g/mol. The van der Waals surface area contributed by atoms with Gasteiger partial charge >= 0.3 is 0 Å². The van der Waals surface area contributed by atoms with Gasteiger partial charge in [-0.1, -0.05) is 43.6 Å². The standard InChI is InChI=1S/C16H37N3O21P6/c1-14-12-15(20)16(35-14)13-34-42(23,24)37-44(27,28)39-46(31,32)40-45(29,30)38-43(25,26)36-41(21,22)33-11-9-7-5-3-2-4-6-8-10-18-19-17/h14-16,20H,2-13H2,1H3,(H,21,22)(H,23,24)(H,25,26)(H,27,28)(H,29,30)(H,31,32)/p-6/t14-,15?,16+/m1/s1. The Morgan fingerprint density at radius 2 is 1.09 bits per heavy atom. The van der Waals surface area contributed by atoms with Gasteiger partial charge in [0.1, 0.15) is 6.10 Å². The molecule has 0 amide bonds. The van der Waals surface area contributed by atoms with Crippen molar-refractivity contribution in [1.82, 2.24) is 0 Å². The topological polar surface area (TPSA) is 384 Å². The second kappa shape index (κ2) is 19.5. The highest BCUT2D eigenvalue weighted by Gasteiger charge is 2.35. The lowest BCUT2D eigenvalue weighted by atomic mass is 10.1. The lowest BCUT2D eigenvalue weighted by Gasteiger charge is -2.38. The van der Waals surface area contributed by atoms with Crippen molar-refractivity contribution in [2.45, 2.75) is 83.0 Å². The number of ether oxygens (including phenoxy) is 1. The lowest BCUT2D eigenvalue weighted by molar-refractivity contribution is -0.256. The van der Waals surface area contributed by atoms with Gasteiger partial charge in [-0.05, 0) is 25.3 Å².